The maximum absolute atomic E-state index is 12.1. The summed E-state index contributed by atoms with van der Waals surface area (Å²) in [5.74, 6) is 0. The first-order valence-electron chi connectivity index (χ1n) is 5.97. The Labute approximate surface area is 106 Å². The van der Waals surface area contributed by atoms with Crippen molar-refractivity contribution in [3.63, 3.8) is 0 Å². The minimum atomic E-state index is -0.390. The van der Waals surface area contributed by atoms with E-state index in [1.54, 1.807) is 0 Å². The van der Waals surface area contributed by atoms with Crippen molar-refractivity contribution in [1.29, 1.82) is 0 Å². The van der Waals surface area contributed by atoms with Gasteiger partial charge in [-0.1, -0.05) is 15.9 Å². The number of hydrogen-bond acceptors (Lipinski definition) is 2. The molecule has 0 N–H and O–H groups in total. The molecule has 1 aliphatic carbocycles. The van der Waals surface area contributed by atoms with E-state index in [0.717, 1.165) is 32.2 Å². The van der Waals surface area contributed by atoms with Gasteiger partial charge in [0.05, 0.1) is 0 Å². The van der Waals surface area contributed by atoms with Gasteiger partial charge in [0, 0.05) is 16.9 Å². The van der Waals surface area contributed by atoms with E-state index in [9.17, 15) is 4.79 Å². The molecule has 0 aromatic carbocycles. The highest BCUT2D eigenvalue weighted by Gasteiger charge is 2.52. The zero-order chi connectivity index (χ0) is 12.0. The number of likely N-dealkylation sites (tertiary alicyclic amines) is 1. The summed E-state index contributed by atoms with van der Waals surface area (Å²) in [6.07, 6.45) is 4.26. The molecule has 1 saturated heterocycles. The van der Waals surface area contributed by atoms with Crippen molar-refractivity contribution in [2.24, 2.45) is 0 Å². The highest BCUT2D eigenvalue weighted by Crippen LogP contribution is 2.48. The summed E-state index contributed by atoms with van der Waals surface area (Å²) in [6, 6.07) is 0. The van der Waals surface area contributed by atoms with E-state index in [2.05, 4.69) is 15.9 Å². The number of ether oxygens (including phenoxy) is 1. The highest BCUT2D eigenvalue weighted by atomic mass is 79.9. The molecule has 0 aromatic rings. The van der Waals surface area contributed by atoms with Crippen LogP contribution in [-0.2, 0) is 4.74 Å². The van der Waals surface area contributed by atoms with Gasteiger partial charge in [0.2, 0.25) is 0 Å². The van der Waals surface area contributed by atoms with Crippen molar-refractivity contribution in [3.05, 3.63) is 0 Å². The number of carbonyl (C=O) groups is 1. The predicted octanol–water partition coefficient (Wildman–Crippen LogP) is 3.31. The molecule has 1 saturated carbocycles. The van der Waals surface area contributed by atoms with Crippen LogP contribution in [0.2, 0.25) is 0 Å². The lowest BCUT2D eigenvalue weighted by Gasteiger charge is -2.48. The predicted molar refractivity (Wildman–Crippen MR) is 66.9 cm³/mol. The molecule has 0 bridgehead atoms. The van der Waals surface area contributed by atoms with Crippen LogP contribution in [0, 0.1) is 0 Å². The number of carbonyl (C=O) groups excluding carboxylic acids is 1. The molecule has 0 unspecified atom stereocenters. The first kappa shape index (κ1) is 12.2. The molecule has 2 fully saturated rings. The fourth-order valence-corrected chi connectivity index (χ4v) is 3.93. The topological polar surface area (TPSA) is 29.5 Å². The summed E-state index contributed by atoms with van der Waals surface area (Å²) >= 11 is 3.60. The number of hydrogen-bond donors (Lipinski definition) is 0. The van der Waals surface area contributed by atoms with Crippen molar-refractivity contribution in [3.8, 4) is 0 Å². The van der Waals surface area contributed by atoms with Gasteiger partial charge in [0.15, 0.2) is 0 Å². The third-order valence-corrected chi connectivity index (χ3v) is 4.06. The van der Waals surface area contributed by atoms with Crippen LogP contribution in [0.1, 0.15) is 46.5 Å². The van der Waals surface area contributed by atoms with Crippen molar-refractivity contribution >= 4 is 22.0 Å². The van der Waals surface area contributed by atoms with E-state index in [-0.39, 0.29) is 11.6 Å². The fourth-order valence-electron chi connectivity index (χ4n) is 2.73. The summed E-state index contributed by atoms with van der Waals surface area (Å²) in [4.78, 5) is 14.6. The Morgan fingerprint density at radius 3 is 2.56 bits per heavy atom. The molecule has 4 heteroatoms. The van der Waals surface area contributed by atoms with Gasteiger partial charge in [-0.15, -0.1) is 0 Å². The largest absolute Gasteiger partial charge is 0.444 e. The van der Waals surface area contributed by atoms with Gasteiger partial charge in [-0.05, 0) is 46.5 Å². The first-order chi connectivity index (χ1) is 7.32. The average Bonchev–Trinajstić information content (AvgIpc) is 2.44. The Hall–Kier alpha value is -0.250. The molecule has 3 nitrogen and oxygen atoms in total. The van der Waals surface area contributed by atoms with Gasteiger partial charge < -0.3 is 9.64 Å². The number of alkyl halides is 1. The monoisotopic (exact) mass is 289 g/mol. The second-order valence-corrected chi connectivity index (χ2v) is 7.26. The second-order valence-electron chi connectivity index (χ2n) is 5.97. The second kappa shape index (κ2) is 3.90. The van der Waals surface area contributed by atoms with Gasteiger partial charge in [0.25, 0.3) is 0 Å². The Morgan fingerprint density at radius 2 is 2.06 bits per heavy atom. The minimum absolute atomic E-state index is 0.108. The number of nitrogens with zero attached hydrogens (tertiary/aromatic N) is 1. The highest BCUT2D eigenvalue weighted by molar-refractivity contribution is 9.09. The van der Waals surface area contributed by atoms with Gasteiger partial charge in [-0.25, -0.2) is 4.79 Å². The zero-order valence-electron chi connectivity index (χ0n) is 10.3. The van der Waals surface area contributed by atoms with Crippen LogP contribution < -0.4 is 0 Å². The maximum atomic E-state index is 12.1. The van der Waals surface area contributed by atoms with Gasteiger partial charge in [-0.2, -0.15) is 0 Å². The molecule has 1 heterocycles. The molecule has 0 aromatic heterocycles. The lowest BCUT2D eigenvalue weighted by Crippen LogP contribution is -2.57. The van der Waals surface area contributed by atoms with Crippen LogP contribution >= 0.6 is 15.9 Å². The lowest BCUT2D eigenvalue weighted by atomic mass is 9.75. The molecule has 1 spiro atoms. The van der Waals surface area contributed by atoms with Crippen LogP contribution in [-0.4, -0.2) is 33.5 Å². The normalized spacial score (nSPS) is 34.0. The van der Waals surface area contributed by atoms with Gasteiger partial charge >= 0.3 is 6.09 Å². The van der Waals surface area contributed by atoms with E-state index in [4.69, 9.17) is 4.74 Å². The van der Waals surface area contributed by atoms with E-state index < -0.39 is 5.60 Å². The quantitative estimate of drug-likeness (QED) is 0.641. The standard InChI is InChI=1S/C12H20BrNO2/c1-11(2,3)16-10(15)14-6-4-5-12(14)7-9(13)8-12/h9H,4-8H2,1-3H3. The Balaban J connectivity index is 2.01. The SMILES string of the molecule is CC(C)(C)OC(=O)N1CCCC12CC(Br)C2. The molecule has 92 valence electrons. The Kier molecular flexibility index (Phi) is 2.97. The summed E-state index contributed by atoms with van der Waals surface area (Å²) in [5, 5.41) is 0. The summed E-state index contributed by atoms with van der Waals surface area (Å²) < 4.78 is 5.46. The van der Waals surface area contributed by atoms with Crippen molar-refractivity contribution in [1.82, 2.24) is 4.90 Å². The Bertz CT molecular complexity index is 292. The summed E-state index contributed by atoms with van der Waals surface area (Å²) in [7, 11) is 0. The fraction of sp³-hybridized carbons (Fsp3) is 0.917. The minimum Gasteiger partial charge on any atom is -0.444 e. The molecule has 0 radical (unpaired) electrons. The third kappa shape index (κ3) is 2.22. The molecule has 1 aliphatic heterocycles. The summed E-state index contributed by atoms with van der Waals surface area (Å²) in [5.41, 5.74) is -0.283. The molecule has 2 rings (SSSR count). The lowest BCUT2D eigenvalue weighted by molar-refractivity contribution is -0.00760. The molecule has 1 amide bonds. The average molecular weight is 290 g/mol. The van der Waals surface area contributed by atoms with E-state index in [1.807, 2.05) is 25.7 Å². The first-order valence-corrected chi connectivity index (χ1v) is 6.89. The molecule has 16 heavy (non-hydrogen) atoms. The van der Waals surface area contributed by atoms with Gasteiger partial charge in [0.1, 0.15) is 5.60 Å². The molecule has 0 atom stereocenters. The Morgan fingerprint density at radius 1 is 1.44 bits per heavy atom. The summed E-state index contributed by atoms with van der Waals surface area (Å²) in [6.45, 7) is 6.61. The third-order valence-electron chi connectivity index (χ3n) is 3.41. The van der Waals surface area contributed by atoms with E-state index in [1.165, 1.54) is 0 Å². The van der Waals surface area contributed by atoms with Crippen molar-refractivity contribution in [2.75, 3.05) is 6.54 Å². The molecular weight excluding hydrogens is 270 g/mol. The van der Waals surface area contributed by atoms with Crippen LogP contribution in [0.15, 0.2) is 0 Å². The van der Waals surface area contributed by atoms with Crippen molar-refractivity contribution < 1.29 is 9.53 Å². The zero-order valence-corrected chi connectivity index (χ0v) is 11.8. The van der Waals surface area contributed by atoms with Crippen LogP contribution in [0.5, 0.6) is 0 Å². The van der Waals surface area contributed by atoms with Gasteiger partial charge in [-0.3, -0.25) is 0 Å². The van der Waals surface area contributed by atoms with Crippen LogP contribution in [0.4, 0.5) is 4.79 Å². The number of halogens is 1. The molecular formula is C12H20BrNO2. The van der Waals surface area contributed by atoms with Crippen LogP contribution in [0.3, 0.4) is 0 Å². The van der Waals surface area contributed by atoms with E-state index >= 15 is 0 Å². The number of rotatable bonds is 0. The molecule has 2 aliphatic rings. The maximum Gasteiger partial charge on any atom is 0.410 e. The smallest absolute Gasteiger partial charge is 0.410 e. The van der Waals surface area contributed by atoms with E-state index in [0.29, 0.717) is 4.83 Å². The van der Waals surface area contributed by atoms with Crippen molar-refractivity contribution in [2.45, 2.75) is 62.4 Å². The number of amides is 1. The van der Waals surface area contributed by atoms with Crippen LogP contribution in [0.25, 0.3) is 0 Å².